The molecule has 36 heavy (non-hydrogen) atoms. The monoisotopic (exact) mass is 504 g/mol. The number of piperazine rings is 1. The largest absolute Gasteiger partial charge is 0.462 e. The van der Waals surface area contributed by atoms with Crippen LogP contribution in [-0.4, -0.2) is 92.3 Å². The van der Waals surface area contributed by atoms with E-state index in [-0.39, 0.29) is 36.9 Å². The summed E-state index contributed by atoms with van der Waals surface area (Å²) in [5.74, 6) is -0.536. The second kappa shape index (κ2) is 11.5. The third-order valence-electron chi connectivity index (χ3n) is 7.75. The van der Waals surface area contributed by atoms with Crippen molar-refractivity contribution in [1.29, 1.82) is 0 Å². The van der Waals surface area contributed by atoms with Crippen LogP contribution in [0.2, 0.25) is 0 Å². The average molecular weight is 505 g/mol. The van der Waals surface area contributed by atoms with Gasteiger partial charge in [-0.3, -0.25) is 14.5 Å². The number of likely N-dealkylation sites (tertiary alicyclic amines) is 1. The zero-order chi connectivity index (χ0) is 25.7. The van der Waals surface area contributed by atoms with E-state index in [2.05, 4.69) is 22.0 Å². The van der Waals surface area contributed by atoms with Crippen molar-refractivity contribution in [3.8, 4) is 0 Å². The molecule has 2 atom stereocenters. The van der Waals surface area contributed by atoms with Crippen LogP contribution in [0, 0.1) is 11.2 Å². The van der Waals surface area contributed by atoms with Gasteiger partial charge in [-0.25, -0.2) is 9.18 Å². The number of nitrogens with zero attached hydrogens (tertiary/aromatic N) is 3. The lowest BCUT2D eigenvalue weighted by Gasteiger charge is -2.41. The van der Waals surface area contributed by atoms with Crippen LogP contribution in [0.5, 0.6) is 0 Å². The zero-order valence-electron chi connectivity index (χ0n) is 21.2. The number of esters is 1. The second-order valence-corrected chi connectivity index (χ2v) is 10.1. The quantitative estimate of drug-likeness (QED) is 0.570. The summed E-state index contributed by atoms with van der Waals surface area (Å²) >= 11 is 0. The number of rotatable bonds is 7. The Kier molecular flexibility index (Phi) is 8.33. The van der Waals surface area contributed by atoms with Crippen LogP contribution in [0.3, 0.4) is 0 Å². The van der Waals surface area contributed by atoms with Gasteiger partial charge in [0.2, 0.25) is 5.91 Å². The number of amides is 2. The minimum Gasteiger partial charge on any atom is -0.462 e. The molecule has 0 bridgehead atoms. The van der Waals surface area contributed by atoms with Gasteiger partial charge in [-0.1, -0.05) is 0 Å². The van der Waals surface area contributed by atoms with E-state index in [9.17, 15) is 18.8 Å². The topological polar surface area (TPSA) is 91.4 Å². The summed E-state index contributed by atoms with van der Waals surface area (Å²) in [6, 6.07) is 6.98. The van der Waals surface area contributed by atoms with Crippen LogP contribution in [0.15, 0.2) is 24.3 Å². The highest BCUT2D eigenvalue weighted by Gasteiger charge is 2.50. The minimum absolute atomic E-state index is 0.104. The fraction of sp³-hybridized carbons (Fsp3) is 0.654. The first kappa shape index (κ1) is 26.2. The molecule has 0 radical (unpaired) electrons. The van der Waals surface area contributed by atoms with Gasteiger partial charge in [0.1, 0.15) is 18.5 Å². The van der Waals surface area contributed by atoms with E-state index in [1.165, 1.54) is 12.1 Å². The second-order valence-electron chi connectivity index (χ2n) is 10.1. The Balaban J connectivity index is 1.20. The number of alkyl carbamates (subject to hydrolysis) is 1. The SMILES string of the molecule is CCOC(=O)NCC(=O)N1CCC2(CC1)C[C@H](CCN1CCN(c3ccc(F)cc3)C[C@@H]1C)OC2=O. The van der Waals surface area contributed by atoms with E-state index in [0.717, 1.165) is 38.3 Å². The smallest absolute Gasteiger partial charge is 0.407 e. The van der Waals surface area contributed by atoms with E-state index in [1.54, 1.807) is 11.8 Å². The minimum atomic E-state index is -0.604. The number of cyclic esters (lactones) is 1. The Morgan fingerprint density at radius 1 is 1.17 bits per heavy atom. The maximum Gasteiger partial charge on any atom is 0.407 e. The normalized spacial score (nSPS) is 24.0. The lowest BCUT2D eigenvalue weighted by Crippen LogP contribution is -2.52. The number of carbonyl (C=O) groups is 3. The van der Waals surface area contributed by atoms with Crippen molar-refractivity contribution in [1.82, 2.24) is 15.1 Å². The highest BCUT2D eigenvalue weighted by atomic mass is 19.1. The van der Waals surface area contributed by atoms with Gasteiger partial charge in [0, 0.05) is 57.4 Å². The molecule has 9 nitrogen and oxygen atoms in total. The Labute approximate surface area is 211 Å². The lowest BCUT2D eigenvalue weighted by atomic mass is 9.75. The molecule has 3 aliphatic rings. The summed E-state index contributed by atoms with van der Waals surface area (Å²) in [4.78, 5) is 43.0. The van der Waals surface area contributed by atoms with Crippen molar-refractivity contribution in [3.05, 3.63) is 30.1 Å². The molecule has 3 fully saturated rings. The number of hydrogen-bond acceptors (Lipinski definition) is 7. The van der Waals surface area contributed by atoms with Crippen molar-refractivity contribution in [2.45, 2.75) is 51.7 Å². The molecule has 1 aromatic rings. The molecular weight excluding hydrogens is 467 g/mol. The van der Waals surface area contributed by atoms with Gasteiger partial charge in [0.05, 0.1) is 12.0 Å². The molecule has 10 heteroatoms. The first-order chi connectivity index (χ1) is 17.3. The number of anilines is 1. The van der Waals surface area contributed by atoms with Crippen molar-refractivity contribution in [2.75, 3.05) is 57.3 Å². The number of hydrogen-bond donors (Lipinski definition) is 1. The first-order valence-corrected chi connectivity index (χ1v) is 12.9. The van der Waals surface area contributed by atoms with E-state index in [4.69, 9.17) is 9.47 Å². The zero-order valence-corrected chi connectivity index (χ0v) is 21.2. The number of nitrogens with one attached hydrogen (secondary N) is 1. The van der Waals surface area contributed by atoms with Gasteiger partial charge in [0.25, 0.3) is 0 Å². The summed E-state index contributed by atoms with van der Waals surface area (Å²) in [5, 5.41) is 2.46. The van der Waals surface area contributed by atoms with Gasteiger partial charge in [0.15, 0.2) is 0 Å². The molecule has 198 valence electrons. The van der Waals surface area contributed by atoms with Crippen molar-refractivity contribution in [3.63, 3.8) is 0 Å². The molecule has 3 aliphatic heterocycles. The van der Waals surface area contributed by atoms with Crippen LogP contribution in [0.25, 0.3) is 0 Å². The maximum atomic E-state index is 13.2. The third kappa shape index (κ3) is 6.08. The summed E-state index contributed by atoms with van der Waals surface area (Å²) in [5.41, 5.74) is 0.527. The number of benzene rings is 1. The van der Waals surface area contributed by atoms with Gasteiger partial charge < -0.3 is 24.6 Å². The number of piperidine rings is 1. The van der Waals surface area contributed by atoms with Gasteiger partial charge in [-0.15, -0.1) is 0 Å². The average Bonchev–Trinajstić information content (AvgIpc) is 3.17. The summed E-state index contributed by atoms with van der Waals surface area (Å²) in [6.45, 7) is 8.51. The molecule has 4 rings (SSSR count). The van der Waals surface area contributed by atoms with Gasteiger partial charge in [-0.2, -0.15) is 0 Å². The van der Waals surface area contributed by atoms with Crippen molar-refractivity contribution < 1.29 is 28.2 Å². The molecule has 2 amide bonds. The summed E-state index contributed by atoms with van der Waals surface area (Å²) < 4.78 is 23.8. The molecule has 1 spiro atoms. The van der Waals surface area contributed by atoms with Crippen LogP contribution >= 0.6 is 0 Å². The van der Waals surface area contributed by atoms with Gasteiger partial charge in [-0.05, 0) is 57.4 Å². The van der Waals surface area contributed by atoms with Gasteiger partial charge >= 0.3 is 12.1 Å². The molecular formula is C26H37FN4O5. The Hall–Kier alpha value is -2.88. The number of carbonyl (C=O) groups excluding carboxylic acids is 3. The van der Waals surface area contributed by atoms with Crippen molar-refractivity contribution >= 4 is 23.7 Å². The predicted octanol–water partition coefficient (Wildman–Crippen LogP) is 2.40. The van der Waals surface area contributed by atoms with Crippen LogP contribution in [0.1, 0.15) is 39.5 Å². The summed E-state index contributed by atoms with van der Waals surface area (Å²) in [7, 11) is 0. The maximum absolute atomic E-state index is 13.2. The molecule has 1 aromatic carbocycles. The van der Waals surface area contributed by atoms with Crippen LogP contribution in [0.4, 0.5) is 14.9 Å². The Bertz CT molecular complexity index is 935. The van der Waals surface area contributed by atoms with Crippen molar-refractivity contribution in [2.24, 2.45) is 5.41 Å². The molecule has 0 aliphatic carbocycles. The molecule has 0 aromatic heterocycles. The Morgan fingerprint density at radius 3 is 2.56 bits per heavy atom. The summed E-state index contributed by atoms with van der Waals surface area (Å²) in [6.07, 6.45) is 1.94. The number of halogens is 1. The third-order valence-corrected chi connectivity index (χ3v) is 7.75. The molecule has 0 unspecified atom stereocenters. The fourth-order valence-corrected chi connectivity index (χ4v) is 5.56. The molecule has 3 saturated heterocycles. The Morgan fingerprint density at radius 2 is 1.89 bits per heavy atom. The van der Waals surface area contributed by atoms with Crippen LogP contribution in [-0.2, 0) is 19.1 Å². The van der Waals surface area contributed by atoms with Crippen LogP contribution < -0.4 is 10.2 Å². The van der Waals surface area contributed by atoms with E-state index in [1.807, 2.05) is 12.1 Å². The van der Waals surface area contributed by atoms with E-state index < -0.39 is 11.5 Å². The van der Waals surface area contributed by atoms with E-state index >= 15 is 0 Å². The van der Waals surface area contributed by atoms with E-state index in [0.29, 0.717) is 38.4 Å². The number of ether oxygens (including phenoxy) is 2. The highest BCUT2D eigenvalue weighted by molar-refractivity contribution is 5.83. The first-order valence-electron chi connectivity index (χ1n) is 12.9. The lowest BCUT2D eigenvalue weighted by molar-refractivity contribution is -0.152. The highest BCUT2D eigenvalue weighted by Crippen LogP contribution is 2.44. The molecule has 1 N–H and O–H groups in total. The predicted molar refractivity (Wildman–Crippen MR) is 132 cm³/mol. The molecule has 3 heterocycles. The molecule has 0 saturated carbocycles. The standard InChI is InChI=1S/C26H37FN4O5/c1-3-35-25(34)28-17-23(32)30-12-9-26(10-13-30)16-22(36-24(26)33)8-11-29-14-15-31(18-19(29)2)21-6-4-20(27)5-7-21/h4-7,19,22H,3,8-18H2,1-2H3,(H,28,34)/t19-,22-/m0/s1. The fourth-order valence-electron chi connectivity index (χ4n) is 5.56.